The van der Waals surface area contributed by atoms with Gasteiger partial charge in [0.2, 0.25) is 0 Å². The Hall–Kier alpha value is -3.48. The number of non-ortho nitro benzene ring substituents is 1. The summed E-state index contributed by atoms with van der Waals surface area (Å²) in [6.45, 7) is 2.55. The average Bonchev–Trinajstić information content (AvgIpc) is 2.71. The summed E-state index contributed by atoms with van der Waals surface area (Å²) in [7, 11) is 0. The van der Waals surface area contributed by atoms with Crippen molar-refractivity contribution in [1.82, 2.24) is 10.6 Å². The molecule has 0 heterocycles. The largest absolute Gasteiger partial charge is 0.351 e. The lowest BCUT2D eigenvalue weighted by molar-refractivity contribution is -0.384. The lowest BCUT2D eigenvalue weighted by Crippen LogP contribution is -2.35. The number of rotatable bonds is 9. The maximum Gasteiger partial charge on any atom is 0.270 e. The van der Waals surface area contributed by atoms with E-state index in [4.69, 9.17) is 0 Å². The van der Waals surface area contributed by atoms with Crippen LogP contribution >= 0.6 is 0 Å². The molecule has 0 aliphatic rings. The quantitative estimate of drug-likeness (QED) is 0.299. The van der Waals surface area contributed by atoms with Crippen LogP contribution < -0.4 is 10.6 Å². The first kappa shape index (κ1) is 20.8. The van der Waals surface area contributed by atoms with Crippen LogP contribution in [0, 0.1) is 10.1 Å². The molecular weight excluding hydrogens is 358 g/mol. The fourth-order valence-electron chi connectivity index (χ4n) is 2.51. The molecule has 2 aromatic rings. The van der Waals surface area contributed by atoms with Crippen molar-refractivity contribution >= 4 is 23.6 Å². The van der Waals surface area contributed by atoms with E-state index in [9.17, 15) is 19.7 Å². The highest BCUT2D eigenvalue weighted by Crippen LogP contribution is 2.15. The number of hydrogen-bond acceptors (Lipinski definition) is 4. The zero-order valence-electron chi connectivity index (χ0n) is 15.7. The van der Waals surface area contributed by atoms with Crippen molar-refractivity contribution in [3.8, 4) is 0 Å². The molecule has 146 valence electrons. The van der Waals surface area contributed by atoms with Gasteiger partial charge in [-0.25, -0.2) is 0 Å². The topological polar surface area (TPSA) is 101 Å². The number of hydrogen-bond donors (Lipinski definition) is 2. The summed E-state index contributed by atoms with van der Waals surface area (Å²) < 4.78 is 0. The van der Waals surface area contributed by atoms with Gasteiger partial charge in [0.1, 0.15) is 5.70 Å². The highest BCUT2D eigenvalue weighted by atomic mass is 16.6. The predicted octanol–water partition coefficient (Wildman–Crippen LogP) is 3.67. The summed E-state index contributed by atoms with van der Waals surface area (Å²) >= 11 is 0. The van der Waals surface area contributed by atoms with Crippen LogP contribution in [0.25, 0.3) is 6.08 Å². The minimum Gasteiger partial charge on any atom is -0.351 e. The van der Waals surface area contributed by atoms with Crippen molar-refractivity contribution in [3.63, 3.8) is 0 Å². The summed E-state index contributed by atoms with van der Waals surface area (Å²) in [6.07, 6.45) is 4.28. The number of nitro benzene ring substituents is 1. The first-order chi connectivity index (χ1) is 13.5. The first-order valence-electron chi connectivity index (χ1n) is 9.12. The van der Waals surface area contributed by atoms with Gasteiger partial charge in [-0.05, 0) is 30.2 Å². The van der Waals surface area contributed by atoms with Gasteiger partial charge in [-0.2, -0.15) is 0 Å². The van der Waals surface area contributed by atoms with Gasteiger partial charge in [-0.3, -0.25) is 19.7 Å². The molecule has 0 saturated heterocycles. The predicted molar refractivity (Wildman–Crippen MR) is 108 cm³/mol. The van der Waals surface area contributed by atoms with Crippen LogP contribution in [-0.2, 0) is 4.79 Å². The van der Waals surface area contributed by atoms with E-state index < -0.39 is 16.7 Å². The highest BCUT2D eigenvalue weighted by molar-refractivity contribution is 6.05. The van der Waals surface area contributed by atoms with E-state index >= 15 is 0 Å². The van der Waals surface area contributed by atoms with Crippen LogP contribution in [0.5, 0.6) is 0 Å². The SMILES string of the molecule is CCCCCNC(=O)/C(=C/c1cccc([N+](=O)[O-])c1)NC(=O)c1ccccc1. The van der Waals surface area contributed by atoms with Gasteiger partial charge in [-0.1, -0.05) is 50.1 Å². The molecule has 2 rings (SSSR count). The lowest BCUT2D eigenvalue weighted by atomic mass is 10.1. The number of nitrogens with zero attached hydrogens (tertiary/aromatic N) is 1. The third-order valence-corrected chi connectivity index (χ3v) is 3.99. The standard InChI is InChI=1S/C21H23N3O4/c1-2-3-7-13-22-21(26)19(23-20(25)17-10-5-4-6-11-17)15-16-9-8-12-18(14-16)24(27)28/h4-6,8-12,14-15H,2-3,7,13H2,1H3,(H,22,26)(H,23,25)/b19-15-. The maximum absolute atomic E-state index is 12.6. The summed E-state index contributed by atoms with van der Waals surface area (Å²) in [5.41, 5.74) is 0.796. The Labute approximate surface area is 163 Å². The Bertz CT molecular complexity index is 863. The van der Waals surface area contributed by atoms with Crippen LogP contribution in [0.3, 0.4) is 0 Å². The summed E-state index contributed by atoms with van der Waals surface area (Å²) in [5, 5.41) is 16.4. The molecule has 7 nitrogen and oxygen atoms in total. The molecule has 0 unspecified atom stereocenters. The van der Waals surface area contributed by atoms with Crippen molar-refractivity contribution in [1.29, 1.82) is 0 Å². The van der Waals surface area contributed by atoms with Crippen molar-refractivity contribution in [2.45, 2.75) is 26.2 Å². The number of nitrogens with one attached hydrogen (secondary N) is 2. The first-order valence-corrected chi connectivity index (χ1v) is 9.12. The summed E-state index contributed by atoms with van der Waals surface area (Å²) in [6, 6.07) is 14.4. The van der Waals surface area contributed by atoms with Crippen LogP contribution in [0.2, 0.25) is 0 Å². The molecule has 7 heteroatoms. The van der Waals surface area contributed by atoms with E-state index in [1.54, 1.807) is 36.4 Å². The number of benzene rings is 2. The molecule has 28 heavy (non-hydrogen) atoms. The monoisotopic (exact) mass is 381 g/mol. The minimum absolute atomic E-state index is 0.0332. The molecule has 0 spiro atoms. The maximum atomic E-state index is 12.6. The lowest BCUT2D eigenvalue weighted by Gasteiger charge is -2.11. The smallest absolute Gasteiger partial charge is 0.270 e. The molecule has 0 fully saturated rings. The molecular formula is C21H23N3O4. The molecule has 2 N–H and O–H groups in total. The van der Waals surface area contributed by atoms with E-state index in [2.05, 4.69) is 17.6 Å². The number of amides is 2. The van der Waals surface area contributed by atoms with Crippen LogP contribution in [0.4, 0.5) is 5.69 Å². The van der Waals surface area contributed by atoms with Crippen LogP contribution in [-0.4, -0.2) is 23.3 Å². The van der Waals surface area contributed by atoms with E-state index in [1.165, 1.54) is 24.3 Å². The third kappa shape index (κ3) is 6.35. The van der Waals surface area contributed by atoms with Crippen molar-refractivity contribution < 1.29 is 14.5 Å². The zero-order valence-corrected chi connectivity index (χ0v) is 15.7. The molecule has 0 atom stereocenters. The number of carbonyl (C=O) groups is 2. The van der Waals surface area contributed by atoms with Gasteiger partial charge in [0, 0.05) is 24.2 Å². The number of nitro groups is 1. The molecule has 0 bridgehead atoms. The van der Waals surface area contributed by atoms with E-state index in [1.807, 2.05) is 0 Å². The van der Waals surface area contributed by atoms with Gasteiger partial charge in [0.15, 0.2) is 0 Å². The number of carbonyl (C=O) groups excluding carboxylic acids is 2. The number of unbranched alkanes of at least 4 members (excludes halogenated alkanes) is 2. The summed E-state index contributed by atoms with van der Waals surface area (Å²) in [5.74, 6) is -0.868. The molecule has 0 radical (unpaired) electrons. The van der Waals surface area contributed by atoms with E-state index in [0.29, 0.717) is 17.7 Å². The Balaban J connectivity index is 2.24. The Morgan fingerprint density at radius 3 is 2.50 bits per heavy atom. The highest BCUT2D eigenvalue weighted by Gasteiger charge is 2.15. The zero-order chi connectivity index (χ0) is 20.4. The summed E-state index contributed by atoms with van der Waals surface area (Å²) in [4.78, 5) is 35.5. The van der Waals surface area contributed by atoms with Crippen molar-refractivity contribution in [2.24, 2.45) is 0 Å². The van der Waals surface area contributed by atoms with Crippen molar-refractivity contribution in [2.75, 3.05) is 6.54 Å². The second-order valence-electron chi connectivity index (χ2n) is 6.19. The van der Waals surface area contributed by atoms with Crippen molar-refractivity contribution in [3.05, 3.63) is 81.5 Å². The second kappa shape index (κ2) is 10.6. The fraction of sp³-hybridized carbons (Fsp3) is 0.238. The normalized spacial score (nSPS) is 11.0. The average molecular weight is 381 g/mol. The van der Waals surface area contributed by atoms with Gasteiger partial charge < -0.3 is 10.6 Å². The van der Waals surface area contributed by atoms with Crippen LogP contribution in [0.15, 0.2) is 60.3 Å². The van der Waals surface area contributed by atoms with Gasteiger partial charge in [0.25, 0.3) is 17.5 Å². The molecule has 0 aromatic heterocycles. The molecule has 0 aliphatic carbocycles. The molecule has 0 saturated carbocycles. The van der Waals surface area contributed by atoms with Gasteiger partial charge in [0.05, 0.1) is 4.92 Å². The minimum atomic E-state index is -0.510. The van der Waals surface area contributed by atoms with Gasteiger partial charge >= 0.3 is 0 Å². The third-order valence-electron chi connectivity index (χ3n) is 3.99. The van der Waals surface area contributed by atoms with E-state index in [0.717, 1.165) is 19.3 Å². The van der Waals surface area contributed by atoms with Gasteiger partial charge in [-0.15, -0.1) is 0 Å². The fourth-order valence-corrected chi connectivity index (χ4v) is 2.51. The molecule has 2 aromatic carbocycles. The Morgan fingerprint density at radius 1 is 1.07 bits per heavy atom. The molecule has 0 aliphatic heterocycles. The second-order valence-corrected chi connectivity index (χ2v) is 6.19. The Kier molecular flexibility index (Phi) is 7.90. The Morgan fingerprint density at radius 2 is 1.82 bits per heavy atom. The van der Waals surface area contributed by atoms with Crippen LogP contribution in [0.1, 0.15) is 42.1 Å². The molecule has 2 amide bonds. The van der Waals surface area contributed by atoms with E-state index in [-0.39, 0.29) is 11.4 Å².